The minimum absolute atomic E-state index is 0.120. The van der Waals surface area contributed by atoms with Crippen molar-refractivity contribution in [2.45, 2.75) is 38.8 Å². The Hall–Kier alpha value is -2.45. The number of hydrogen-bond acceptors (Lipinski definition) is 7. The smallest absolute Gasteiger partial charge is 0.297 e. The lowest BCUT2D eigenvalue weighted by Gasteiger charge is -2.30. The van der Waals surface area contributed by atoms with Crippen LogP contribution in [0.15, 0.2) is 28.4 Å². The normalized spacial score (nSPS) is 18.1. The van der Waals surface area contributed by atoms with Crippen LogP contribution < -0.4 is 10.9 Å². The fraction of sp³-hybridized carbons (Fsp3) is 0.450. The first-order chi connectivity index (χ1) is 13.5. The first kappa shape index (κ1) is 18.9. The van der Waals surface area contributed by atoms with Crippen molar-refractivity contribution in [3.8, 4) is 17.1 Å². The molecule has 3 aromatic rings. The van der Waals surface area contributed by atoms with Gasteiger partial charge in [-0.3, -0.25) is 9.36 Å². The minimum atomic E-state index is -0.210. The molecule has 1 aliphatic heterocycles. The summed E-state index contributed by atoms with van der Waals surface area (Å²) in [7, 11) is 2.08. The van der Waals surface area contributed by atoms with Gasteiger partial charge in [0.2, 0.25) is 5.82 Å². The molecule has 0 bridgehead atoms. The second kappa shape index (κ2) is 7.52. The van der Waals surface area contributed by atoms with Crippen LogP contribution in [-0.4, -0.2) is 50.9 Å². The summed E-state index contributed by atoms with van der Waals surface area (Å²) < 4.78 is 2.60. The quantitative estimate of drug-likeness (QED) is 0.700. The Bertz CT molecular complexity index is 1060. The molecule has 28 heavy (non-hydrogen) atoms. The molecule has 1 saturated heterocycles. The Kier molecular flexibility index (Phi) is 5.07. The SMILES string of the molecule is CC(C)n1c(-c2ccc3sccc3c2O)nnc(N[C@@H]2CCCN(C)C2)c1=O. The maximum absolute atomic E-state index is 13.2. The minimum Gasteiger partial charge on any atom is -0.507 e. The van der Waals surface area contributed by atoms with E-state index in [0.29, 0.717) is 11.4 Å². The van der Waals surface area contributed by atoms with Gasteiger partial charge in [-0.05, 0) is 63.9 Å². The maximum atomic E-state index is 13.2. The molecule has 0 saturated carbocycles. The van der Waals surface area contributed by atoms with Gasteiger partial charge in [0.15, 0.2) is 5.82 Å². The van der Waals surface area contributed by atoms with E-state index in [2.05, 4.69) is 27.5 Å². The third-order valence-electron chi connectivity index (χ3n) is 5.22. The highest BCUT2D eigenvalue weighted by Gasteiger charge is 2.23. The number of thiophene rings is 1. The fourth-order valence-electron chi connectivity index (χ4n) is 3.84. The average Bonchev–Trinajstić information content (AvgIpc) is 3.13. The van der Waals surface area contributed by atoms with Gasteiger partial charge in [-0.25, -0.2) is 0 Å². The van der Waals surface area contributed by atoms with Crippen LogP contribution in [0.2, 0.25) is 0 Å². The van der Waals surface area contributed by atoms with Crippen molar-refractivity contribution in [1.29, 1.82) is 0 Å². The van der Waals surface area contributed by atoms with E-state index in [1.807, 2.05) is 31.4 Å². The predicted molar refractivity (Wildman–Crippen MR) is 113 cm³/mol. The molecule has 2 aromatic heterocycles. The van der Waals surface area contributed by atoms with E-state index in [-0.39, 0.29) is 29.2 Å². The molecule has 1 aliphatic rings. The van der Waals surface area contributed by atoms with Gasteiger partial charge < -0.3 is 15.3 Å². The highest BCUT2D eigenvalue weighted by Crippen LogP contribution is 2.37. The van der Waals surface area contributed by atoms with E-state index in [1.54, 1.807) is 22.0 Å². The van der Waals surface area contributed by atoms with Crippen LogP contribution in [0, 0.1) is 0 Å². The number of phenols is 1. The Labute approximate surface area is 167 Å². The van der Waals surface area contributed by atoms with Gasteiger partial charge in [0.05, 0.1) is 5.56 Å². The third kappa shape index (κ3) is 3.38. The number of rotatable bonds is 4. The van der Waals surface area contributed by atoms with Crippen LogP contribution in [0.3, 0.4) is 0 Å². The molecule has 148 valence electrons. The van der Waals surface area contributed by atoms with Crippen molar-refractivity contribution in [3.05, 3.63) is 33.9 Å². The van der Waals surface area contributed by atoms with E-state index in [4.69, 9.17) is 0 Å². The van der Waals surface area contributed by atoms with E-state index in [9.17, 15) is 9.90 Å². The molecule has 0 amide bonds. The molecular weight excluding hydrogens is 374 g/mol. The fourth-order valence-corrected chi connectivity index (χ4v) is 4.63. The highest BCUT2D eigenvalue weighted by molar-refractivity contribution is 7.17. The second-order valence-electron chi connectivity index (χ2n) is 7.68. The summed E-state index contributed by atoms with van der Waals surface area (Å²) >= 11 is 1.56. The van der Waals surface area contributed by atoms with E-state index >= 15 is 0 Å². The van der Waals surface area contributed by atoms with E-state index in [1.165, 1.54) is 0 Å². The molecule has 8 heteroatoms. The summed E-state index contributed by atoms with van der Waals surface area (Å²) in [5.41, 5.74) is 0.311. The second-order valence-corrected chi connectivity index (χ2v) is 8.63. The summed E-state index contributed by atoms with van der Waals surface area (Å²) in [6.45, 7) is 5.82. The molecular formula is C20H25N5O2S. The molecule has 0 aliphatic carbocycles. The zero-order chi connectivity index (χ0) is 19.8. The predicted octanol–water partition coefficient (Wildman–Crippen LogP) is 3.31. The molecule has 7 nitrogen and oxygen atoms in total. The lowest BCUT2D eigenvalue weighted by Crippen LogP contribution is -2.42. The van der Waals surface area contributed by atoms with Crippen LogP contribution in [0.1, 0.15) is 32.7 Å². The van der Waals surface area contributed by atoms with Crippen LogP contribution in [0.25, 0.3) is 21.5 Å². The lowest BCUT2D eigenvalue weighted by molar-refractivity contribution is 0.260. The number of hydrogen-bond donors (Lipinski definition) is 2. The van der Waals surface area contributed by atoms with Crippen molar-refractivity contribution < 1.29 is 5.11 Å². The lowest BCUT2D eigenvalue weighted by atomic mass is 10.1. The number of aromatic hydroxyl groups is 1. The third-order valence-corrected chi connectivity index (χ3v) is 6.11. The van der Waals surface area contributed by atoms with Gasteiger partial charge in [0.25, 0.3) is 5.56 Å². The Balaban J connectivity index is 1.77. The van der Waals surface area contributed by atoms with Crippen LogP contribution in [-0.2, 0) is 0 Å². The summed E-state index contributed by atoms with van der Waals surface area (Å²) in [5, 5.41) is 25.3. The van der Waals surface area contributed by atoms with Gasteiger partial charge in [-0.1, -0.05) is 0 Å². The maximum Gasteiger partial charge on any atom is 0.297 e. The number of likely N-dealkylation sites (N-methyl/N-ethyl adjacent to an activating group) is 1. The molecule has 2 N–H and O–H groups in total. The van der Waals surface area contributed by atoms with Crippen molar-refractivity contribution in [2.75, 3.05) is 25.5 Å². The largest absolute Gasteiger partial charge is 0.507 e. The zero-order valence-corrected chi connectivity index (χ0v) is 17.2. The van der Waals surface area contributed by atoms with Crippen molar-refractivity contribution in [3.63, 3.8) is 0 Å². The number of aromatic nitrogens is 3. The number of likely N-dealkylation sites (tertiary alicyclic amines) is 1. The van der Waals surface area contributed by atoms with Gasteiger partial charge >= 0.3 is 0 Å². The molecule has 1 atom stereocenters. The number of benzene rings is 1. The molecule has 0 radical (unpaired) electrons. The molecule has 3 heterocycles. The zero-order valence-electron chi connectivity index (χ0n) is 16.3. The first-order valence-electron chi connectivity index (χ1n) is 9.59. The topological polar surface area (TPSA) is 83.3 Å². The molecule has 0 unspecified atom stereocenters. The van der Waals surface area contributed by atoms with Crippen molar-refractivity contribution in [1.82, 2.24) is 19.7 Å². The molecule has 1 fully saturated rings. The standard InChI is InChI=1S/C20H25N5O2S/c1-12(2)25-19(15-6-7-16-14(17(15)26)8-10-28-16)23-22-18(20(25)27)21-13-5-4-9-24(3)11-13/h6-8,10,12-13,26H,4-5,9,11H2,1-3H3,(H,21,22)/t13-/m1/s1. The van der Waals surface area contributed by atoms with Crippen LogP contribution >= 0.6 is 11.3 Å². The number of nitrogens with one attached hydrogen (secondary N) is 1. The number of nitrogens with zero attached hydrogens (tertiary/aromatic N) is 4. The summed E-state index contributed by atoms with van der Waals surface area (Å²) in [6, 6.07) is 5.68. The number of piperidine rings is 1. The molecule has 1 aromatic carbocycles. The summed E-state index contributed by atoms with van der Waals surface area (Å²) in [4.78, 5) is 15.4. The van der Waals surface area contributed by atoms with Gasteiger partial charge in [0.1, 0.15) is 5.75 Å². The Morgan fingerprint density at radius 3 is 2.86 bits per heavy atom. The van der Waals surface area contributed by atoms with Gasteiger partial charge in [-0.2, -0.15) is 0 Å². The number of anilines is 1. The molecule has 0 spiro atoms. The Morgan fingerprint density at radius 2 is 2.11 bits per heavy atom. The van der Waals surface area contributed by atoms with Gasteiger partial charge in [0, 0.05) is 28.7 Å². The monoisotopic (exact) mass is 399 g/mol. The van der Waals surface area contributed by atoms with Crippen LogP contribution in [0.4, 0.5) is 5.82 Å². The Morgan fingerprint density at radius 1 is 1.29 bits per heavy atom. The first-order valence-corrected chi connectivity index (χ1v) is 10.5. The van der Waals surface area contributed by atoms with E-state index in [0.717, 1.165) is 36.0 Å². The van der Waals surface area contributed by atoms with Crippen molar-refractivity contribution >= 4 is 27.2 Å². The highest BCUT2D eigenvalue weighted by atomic mass is 32.1. The number of phenolic OH excluding ortho intramolecular Hbond substituents is 1. The van der Waals surface area contributed by atoms with Crippen molar-refractivity contribution in [2.24, 2.45) is 0 Å². The summed E-state index contributed by atoms with van der Waals surface area (Å²) in [5.74, 6) is 0.794. The molecule has 4 rings (SSSR count). The number of fused-ring (bicyclic) bond motifs is 1. The van der Waals surface area contributed by atoms with Crippen LogP contribution in [0.5, 0.6) is 5.75 Å². The summed E-state index contributed by atoms with van der Waals surface area (Å²) in [6.07, 6.45) is 2.09. The van der Waals surface area contributed by atoms with E-state index < -0.39 is 0 Å². The van der Waals surface area contributed by atoms with Gasteiger partial charge in [-0.15, -0.1) is 21.5 Å². The average molecular weight is 400 g/mol.